The topological polar surface area (TPSA) is 58.2 Å². The zero-order valence-electron chi connectivity index (χ0n) is 5.97. The van der Waals surface area contributed by atoms with Crippen LogP contribution in [0.5, 0.6) is 0 Å². The number of hydrogen-bond donors (Lipinski definition) is 2. The van der Waals surface area contributed by atoms with E-state index in [2.05, 4.69) is 10.6 Å². The van der Waals surface area contributed by atoms with E-state index in [1.807, 2.05) is 0 Å². The zero-order valence-corrected chi connectivity index (χ0v) is 5.97. The van der Waals surface area contributed by atoms with Crippen LogP contribution in [0.1, 0.15) is 6.92 Å². The highest BCUT2D eigenvalue weighted by molar-refractivity contribution is 5.87. The minimum atomic E-state index is -0.242. The molecule has 10 heavy (non-hydrogen) atoms. The summed E-state index contributed by atoms with van der Waals surface area (Å²) in [5, 5.41) is 4.69. The number of nitrogens with one attached hydrogen (secondary N) is 2. The second-order valence-electron chi connectivity index (χ2n) is 1.65. The lowest BCUT2D eigenvalue weighted by Gasteiger charge is -1.90. The molecule has 0 atom stereocenters. The highest BCUT2D eigenvalue weighted by Gasteiger charge is 1.87. The van der Waals surface area contributed by atoms with Crippen molar-refractivity contribution >= 4 is 11.8 Å². The third-order valence-electron chi connectivity index (χ3n) is 0.768. The van der Waals surface area contributed by atoms with Gasteiger partial charge in [-0.15, -0.1) is 0 Å². The third-order valence-corrected chi connectivity index (χ3v) is 0.768. The van der Waals surface area contributed by atoms with Gasteiger partial charge in [-0.25, -0.2) is 0 Å². The first kappa shape index (κ1) is 8.68. The van der Waals surface area contributed by atoms with E-state index < -0.39 is 0 Å². The summed E-state index contributed by atoms with van der Waals surface area (Å²) in [4.78, 5) is 20.7. The number of carbonyl (C=O) groups is 2. The van der Waals surface area contributed by atoms with E-state index >= 15 is 0 Å². The number of rotatable bonds is 2. The van der Waals surface area contributed by atoms with E-state index in [1.165, 1.54) is 26.2 Å². The zero-order chi connectivity index (χ0) is 7.98. The first-order valence-electron chi connectivity index (χ1n) is 2.82. The van der Waals surface area contributed by atoms with Crippen molar-refractivity contribution in [1.29, 1.82) is 0 Å². The quantitative estimate of drug-likeness (QED) is 0.505. The van der Waals surface area contributed by atoms with Gasteiger partial charge >= 0.3 is 0 Å². The van der Waals surface area contributed by atoms with Gasteiger partial charge in [0.2, 0.25) is 11.8 Å². The van der Waals surface area contributed by atoms with E-state index in [-0.39, 0.29) is 11.8 Å². The standard InChI is InChI=1S/C6H10N2O2/c1-5(9)8-4-3-6(10)7-2/h3-4H,1-2H3,(H,7,10)(H,8,9)/b4-3-. The molecule has 0 saturated heterocycles. The van der Waals surface area contributed by atoms with Crippen LogP contribution in [0.15, 0.2) is 12.3 Å². The second kappa shape index (κ2) is 4.55. The highest BCUT2D eigenvalue weighted by atomic mass is 16.2. The smallest absolute Gasteiger partial charge is 0.245 e. The van der Waals surface area contributed by atoms with Crippen molar-refractivity contribution < 1.29 is 9.59 Å². The molecule has 2 N–H and O–H groups in total. The monoisotopic (exact) mass is 142 g/mol. The molecule has 0 heterocycles. The van der Waals surface area contributed by atoms with Gasteiger partial charge in [-0.3, -0.25) is 9.59 Å². The fraction of sp³-hybridized carbons (Fsp3) is 0.333. The summed E-state index contributed by atoms with van der Waals surface area (Å²) in [5.41, 5.74) is 0. The second-order valence-corrected chi connectivity index (χ2v) is 1.65. The number of likely N-dealkylation sites (N-methyl/N-ethyl adjacent to an activating group) is 1. The first-order valence-corrected chi connectivity index (χ1v) is 2.82. The van der Waals surface area contributed by atoms with Crippen molar-refractivity contribution in [1.82, 2.24) is 10.6 Å². The minimum Gasteiger partial charge on any atom is -0.356 e. The lowest BCUT2D eigenvalue weighted by Crippen LogP contribution is -2.17. The molecule has 0 fully saturated rings. The van der Waals surface area contributed by atoms with Crippen LogP contribution in [0.4, 0.5) is 0 Å². The Balaban J connectivity index is 3.56. The molecule has 0 aliphatic heterocycles. The molecule has 0 radical (unpaired) electrons. The van der Waals surface area contributed by atoms with Gasteiger partial charge < -0.3 is 10.6 Å². The SMILES string of the molecule is CNC(=O)/C=C\NC(C)=O. The van der Waals surface area contributed by atoms with Crippen molar-refractivity contribution in [2.75, 3.05) is 7.05 Å². The van der Waals surface area contributed by atoms with E-state index in [4.69, 9.17) is 0 Å². The van der Waals surface area contributed by atoms with Gasteiger partial charge in [0.05, 0.1) is 0 Å². The van der Waals surface area contributed by atoms with E-state index in [1.54, 1.807) is 0 Å². The molecular formula is C6H10N2O2. The Bertz CT molecular complexity index is 163. The Hall–Kier alpha value is -1.32. The van der Waals surface area contributed by atoms with Gasteiger partial charge in [0.15, 0.2) is 0 Å². The maximum absolute atomic E-state index is 10.4. The van der Waals surface area contributed by atoms with Crippen LogP contribution >= 0.6 is 0 Å². The fourth-order valence-electron chi connectivity index (χ4n) is 0.318. The molecule has 0 aromatic heterocycles. The van der Waals surface area contributed by atoms with Gasteiger partial charge in [-0.2, -0.15) is 0 Å². The molecule has 0 aliphatic rings. The summed E-state index contributed by atoms with van der Waals surface area (Å²) in [6.07, 6.45) is 2.53. The molecule has 0 aromatic carbocycles. The summed E-state index contributed by atoms with van der Waals surface area (Å²) < 4.78 is 0. The molecule has 0 bridgehead atoms. The largest absolute Gasteiger partial charge is 0.356 e. The van der Waals surface area contributed by atoms with E-state index in [0.29, 0.717) is 0 Å². The van der Waals surface area contributed by atoms with Crippen molar-refractivity contribution in [2.24, 2.45) is 0 Å². The molecule has 0 unspecified atom stereocenters. The Morgan fingerprint density at radius 1 is 1.40 bits per heavy atom. The molecule has 2 amide bonds. The Kier molecular flexibility index (Phi) is 3.95. The summed E-state index contributed by atoms with van der Waals surface area (Å²) in [6, 6.07) is 0. The fourth-order valence-corrected chi connectivity index (χ4v) is 0.318. The normalized spacial score (nSPS) is 9.40. The predicted molar refractivity (Wildman–Crippen MR) is 37.0 cm³/mol. The van der Waals surface area contributed by atoms with Crippen molar-refractivity contribution in [3.8, 4) is 0 Å². The summed E-state index contributed by atoms with van der Waals surface area (Å²) in [7, 11) is 1.51. The molecule has 0 saturated carbocycles. The van der Waals surface area contributed by atoms with Gasteiger partial charge in [-0.05, 0) is 0 Å². The van der Waals surface area contributed by atoms with Crippen LogP contribution in [0.25, 0.3) is 0 Å². The van der Waals surface area contributed by atoms with Crippen molar-refractivity contribution in [3.05, 3.63) is 12.3 Å². The van der Waals surface area contributed by atoms with E-state index in [0.717, 1.165) is 0 Å². The molecule has 0 aliphatic carbocycles. The summed E-state index contributed by atoms with van der Waals surface area (Å²) >= 11 is 0. The Morgan fingerprint density at radius 2 is 2.00 bits per heavy atom. The Morgan fingerprint density at radius 3 is 2.40 bits per heavy atom. The van der Waals surface area contributed by atoms with Crippen molar-refractivity contribution in [2.45, 2.75) is 6.92 Å². The average molecular weight is 142 g/mol. The van der Waals surface area contributed by atoms with Crippen LogP contribution in [0, 0.1) is 0 Å². The van der Waals surface area contributed by atoms with Gasteiger partial charge in [0.25, 0.3) is 0 Å². The van der Waals surface area contributed by atoms with Crippen LogP contribution in [-0.4, -0.2) is 18.9 Å². The number of hydrogen-bond acceptors (Lipinski definition) is 2. The van der Waals surface area contributed by atoms with Crippen LogP contribution in [0.3, 0.4) is 0 Å². The molecule has 0 aromatic rings. The predicted octanol–water partition coefficient (Wildman–Crippen LogP) is -0.618. The molecule has 4 nitrogen and oxygen atoms in total. The van der Waals surface area contributed by atoms with Crippen LogP contribution in [-0.2, 0) is 9.59 Å². The first-order chi connectivity index (χ1) is 4.66. The molecular weight excluding hydrogens is 132 g/mol. The summed E-state index contributed by atoms with van der Waals surface area (Å²) in [6.45, 7) is 1.37. The Labute approximate surface area is 59.3 Å². The third kappa shape index (κ3) is 4.83. The number of amides is 2. The van der Waals surface area contributed by atoms with Crippen molar-refractivity contribution in [3.63, 3.8) is 0 Å². The molecule has 56 valence electrons. The van der Waals surface area contributed by atoms with Gasteiger partial charge in [0.1, 0.15) is 0 Å². The average Bonchev–Trinajstić information content (AvgIpc) is 1.87. The maximum atomic E-state index is 10.4. The minimum absolute atomic E-state index is 0.194. The van der Waals surface area contributed by atoms with Gasteiger partial charge in [-0.1, -0.05) is 0 Å². The number of carbonyl (C=O) groups excluding carboxylic acids is 2. The maximum Gasteiger partial charge on any atom is 0.245 e. The van der Waals surface area contributed by atoms with Crippen LogP contribution in [0.2, 0.25) is 0 Å². The molecule has 0 rings (SSSR count). The molecule has 4 heteroatoms. The summed E-state index contributed by atoms with van der Waals surface area (Å²) in [5.74, 6) is -0.436. The van der Waals surface area contributed by atoms with E-state index in [9.17, 15) is 9.59 Å². The van der Waals surface area contributed by atoms with Crippen LogP contribution < -0.4 is 10.6 Å². The lowest BCUT2D eigenvalue weighted by molar-refractivity contribution is -0.118. The lowest BCUT2D eigenvalue weighted by atomic mass is 10.5. The molecule has 0 spiro atoms. The highest BCUT2D eigenvalue weighted by Crippen LogP contribution is 1.67. The van der Waals surface area contributed by atoms with Gasteiger partial charge in [0, 0.05) is 26.2 Å².